The summed E-state index contributed by atoms with van der Waals surface area (Å²) >= 11 is 0. The van der Waals surface area contributed by atoms with Gasteiger partial charge in [0.15, 0.2) is 0 Å². The second kappa shape index (κ2) is 5.76. The first-order chi connectivity index (χ1) is 10.7. The first-order valence-corrected chi connectivity index (χ1v) is 6.72. The molecular weight excluding hydrogens is 284 g/mol. The number of hydrogen-bond donors (Lipinski definition) is 1. The fourth-order valence-corrected chi connectivity index (χ4v) is 2.00. The molecule has 3 aromatic rings. The molecule has 1 amide bonds. The number of hydrogen-bond acceptors (Lipinski definition) is 6. The van der Waals surface area contributed by atoms with Gasteiger partial charge in [0, 0.05) is 11.1 Å². The van der Waals surface area contributed by atoms with Crippen LogP contribution in [0.25, 0.3) is 11.3 Å². The summed E-state index contributed by atoms with van der Waals surface area (Å²) in [6.07, 6.45) is 1.38. The molecule has 0 spiro atoms. The van der Waals surface area contributed by atoms with Crippen molar-refractivity contribution in [1.29, 1.82) is 0 Å². The number of anilines is 1. The average molecular weight is 298 g/mol. The first-order valence-electron chi connectivity index (χ1n) is 6.72. The largest absolute Gasteiger partial charge is 0.338 e. The molecule has 1 atom stereocenters. The number of carbonyl (C=O) groups is 1. The van der Waals surface area contributed by atoms with Crippen LogP contribution >= 0.6 is 0 Å². The number of rotatable bonds is 4. The van der Waals surface area contributed by atoms with Crippen LogP contribution in [-0.4, -0.2) is 31.3 Å². The van der Waals surface area contributed by atoms with Gasteiger partial charge in [-0.3, -0.25) is 10.1 Å². The Bertz CT molecular complexity index is 766. The molecule has 2 aromatic heterocycles. The van der Waals surface area contributed by atoms with E-state index in [-0.39, 0.29) is 5.91 Å². The van der Waals surface area contributed by atoms with E-state index in [1.54, 1.807) is 6.92 Å². The number of amides is 1. The van der Waals surface area contributed by atoms with Crippen LogP contribution in [0.3, 0.4) is 0 Å². The molecule has 0 saturated carbocycles. The summed E-state index contributed by atoms with van der Waals surface area (Å²) < 4.78 is 6.61. The van der Waals surface area contributed by atoms with Crippen molar-refractivity contribution in [2.45, 2.75) is 19.9 Å². The SMILES string of the molecule is Cc1c(-c2ccccc2)noc1NC(=O)C(C)n1cnnn1. The van der Waals surface area contributed by atoms with Gasteiger partial charge in [-0.15, -0.1) is 5.10 Å². The Morgan fingerprint density at radius 3 is 2.77 bits per heavy atom. The number of nitrogens with one attached hydrogen (secondary N) is 1. The normalized spacial score (nSPS) is 12.1. The molecular formula is C14H14N6O2. The van der Waals surface area contributed by atoms with Crippen LogP contribution in [0.5, 0.6) is 0 Å². The van der Waals surface area contributed by atoms with E-state index in [1.165, 1.54) is 11.0 Å². The van der Waals surface area contributed by atoms with Crippen LogP contribution in [0.4, 0.5) is 5.88 Å². The van der Waals surface area contributed by atoms with Gasteiger partial charge in [-0.1, -0.05) is 35.5 Å². The van der Waals surface area contributed by atoms with Crippen molar-refractivity contribution >= 4 is 11.8 Å². The lowest BCUT2D eigenvalue weighted by atomic mass is 10.1. The molecule has 0 aliphatic heterocycles. The van der Waals surface area contributed by atoms with Crippen LogP contribution in [0.15, 0.2) is 41.2 Å². The van der Waals surface area contributed by atoms with Gasteiger partial charge in [-0.2, -0.15) is 0 Å². The summed E-state index contributed by atoms with van der Waals surface area (Å²) in [7, 11) is 0. The molecule has 1 N–H and O–H groups in total. The lowest BCUT2D eigenvalue weighted by Crippen LogP contribution is -2.24. The lowest BCUT2D eigenvalue weighted by Gasteiger charge is -2.09. The Kier molecular flexibility index (Phi) is 3.65. The maximum Gasteiger partial charge on any atom is 0.251 e. The van der Waals surface area contributed by atoms with Crippen molar-refractivity contribution in [2.24, 2.45) is 0 Å². The van der Waals surface area contributed by atoms with Gasteiger partial charge in [0.1, 0.15) is 18.1 Å². The smallest absolute Gasteiger partial charge is 0.251 e. The van der Waals surface area contributed by atoms with Crippen molar-refractivity contribution in [3.05, 3.63) is 42.2 Å². The zero-order chi connectivity index (χ0) is 15.5. The molecule has 3 rings (SSSR count). The second-order valence-electron chi connectivity index (χ2n) is 4.81. The Balaban J connectivity index is 1.79. The number of tetrazole rings is 1. The molecule has 0 aliphatic rings. The third-order valence-electron chi connectivity index (χ3n) is 3.35. The third-order valence-corrected chi connectivity index (χ3v) is 3.35. The topological polar surface area (TPSA) is 98.7 Å². The minimum atomic E-state index is -0.556. The molecule has 8 nitrogen and oxygen atoms in total. The zero-order valence-electron chi connectivity index (χ0n) is 12.1. The van der Waals surface area contributed by atoms with E-state index < -0.39 is 6.04 Å². The van der Waals surface area contributed by atoms with Gasteiger partial charge in [0.05, 0.1) is 0 Å². The van der Waals surface area contributed by atoms with Gasteiger partial charge >= 0.3 is 0 Å². The van der Waals surface area contributed by atoms with Crippen LogP contribution in [-0.2, 0) is 4.79 Å². The second-order valence-corrected chi connectivity index (χ2v) is 4.81. The van der Waals surface area contributed by atoms with E-state index in [0.29, 0.717) is 11.6 Å². The summed E-state index contributed by atoms with van der Waals surface area (Å²) in [4.78, 5) is 12.2. The van der Waals surface area contributed by atoms with Crippen LogP contribution in [0.1, 0.15) is 18.5 Å². The molecule has 0 fully saturated rings. The van der Waals surface area contributed by atoms with E-state index in [2.05, 4.69) is 26.0 Å². The monoisotopic (exact) mass is 298 g/mol. The fraction of sp³-hybridized carbons (Fsp3) is 0.214. The van der Waals surface area contributed by atoms with Crippen molar-refractivity contribution < 1.29 is 9.32 Å². The maximum absolute atomic E-state index is 12.2. The Morgan fingerprint density at radius 1 is 1.32 bits per heavy atom. The van der Waals surface area contributed by atoms with E-state index in [1.807, 2.05) is 37.3 Å². The van der Waals surface area contributed by atoms with E-state index in [9.17, 15) is 4.79 Å². The highest BCUT2D eigenvalue weighted by molar-refractivity contribution is 5.93. The molecule has 0 aliphatic carbocycles. The molecule has 8 heteroatoms. The minimum absolute atomic E-state index is 0.286. The van der Waals surface area contributed by atoms with Gasteiger partial charge in [0.25, 0.3) is 5.91 Å². The summed E-state index contributed by atoms with van der Waals surface area (Å²) in [6, 6.07) is 9.07. The van der Waals surface area contributed by atoms with Crippen LogP contribution in [0, 0.1) is 6.92 Å². The Hall–Kier alpha value is -3.03. The van der Waals surface area contributed by atoms with Gasteiger partial charge < -0.3 is 4.52 Å². The van der Waals surface area contributed by atoms with Crippen molar-refractivity contribution in [1.82, 2.24) is 25.4 Å². The third kappa shape index (κ3) is 2.58. The van der Waals surface area contributed by atoms with Crippen molar-refractivity contribution in [3.8, 4) is 11.3 Å². The number of aromatic nitrogens is 5. The predicted octanol–water partition coefficient (Wildman–Crippen LogP) is 1.84. The molecule has 0 bridgehead atoms. The highest BCUT2D eigenvalue weighted by atomic mass is 16.5. The molecule has 0 radical (unpaired) electrons. The van der Waals surface area contributed by atoms with E-state index >= 15 is 0 Å². The van der Waals surface area contributed by atoms with Crippen LogP contribution < -0.4 is 5.32 Å². The predicted molar refractivity (Wildman–Crippen MR) is 77.8 cm³/mol. The average Bonchev–Trinajstić information content (AvgIpc) is 3.18. The first kappa shape index (κ1) is 13.9. The van der Waals surface area contributed by atoms with E-state index in [4.69, 9.17) is 4.52 Å². The fourth-order valence-electron chi connectivity index (χ4n) is 2.00. The van der Waals surface area contributed by atoms with Crippen molar-refractivity contribution in [2.75, 3.05) is 5.32 Å². The number of benzene rings is 1. The molecule has 22 heavy (non-hydrogen) atoms. The zero-order valence-corrected chi connectivity index (χ0v) is 12.1. The Morgan fingerprint density at radius 2 is 2.09 bits per heavy atom. The van der Waals surface area contributed by atoms with E-state index in [0.717, 1.165) is 11.1 Å². The Labute approximate surface area is 126 Å². The van der Waals surface area contributed by atoms with Gasteiger partial charge in [-0.25, -0.2) is 4.68 Å². The summed E-state index contributed by atoms with van der Waals surface area (Å²) in [6.45, 7) is 3.53. The quantitative estimate of drug-likeness (QED) is 0.789. The molecule has 0 saturated heterocycles. The van der Waals surface area contributed by atoms with Crippen LogP contribution in [0.2, 0.25) is 0 Å². The van der Waals surface area contributed by atoms with Gasteiger partial charge in [0.2, 0.25) is 5.88 Å². The molecule has 112 valence electrons. The summed E-state index contributed by atoms with van der Waals surface area (Å²) in [5.74, 6) is 0.0370. The molecule has 1 aromatic carbocycles. The standard InChI is InChI=1S/C14H14N6O2/c1-9-12(11-6-4-3-5-7-11)17-22-14(9)16-13(21)10(2)20-8-15-18-19-20/h3-8,10H,1-2H3,(H,16,21). The lowest BCUT2D eigenvalue weighted by molar-refractivity contribution is -0.119. The minimum Gasteiger partial charge on any atom is -0.338 e. The molecule has 2 heterocycles. The number of carbonyl (C=O) groups excluding carboxylic acids is 1. The summed E-state index contributed by atoms with van der Waals surface area (Å²) in [5.41, 5.74) is 2.40. The summed E-state index contributed by atoms with van der Waals surface area (Å²) in [5, 5.41) is 17.5. The van der Waals surface area contributed by atoms with Crippen molar-refractivity contribution in [3.63, 3.8) is 0 Å². The number of nitrogens with zero attached hydrogens (tertiary/aromatic N) is 5. The highest BCUT2D eigenvalue weighted by Crippen LogP contribution is 2.28. The highest BCUT2D eigenvalue weighted by Gasteiger charge is 2.20. The maximum atomic E-state index is 12.2. The molecule has 1 unspecified atom stereocenters. The van der Waals surface area contributed by atoms with Gasteiger partial charge in [-0.05, 0) is 24.3 Å².